The molecule has 2 N–H and O–H groups in total. The number of β-amino-alcohol motifs (C(OH)–C–C–N with tert-alkyl or cyclic N) is 1. The SMILES string of the molecule is OCc1ccc(CN2C[C@H](O)C[C@H]2c2nc(-c3ccccc3)no2)o1. The Balaban J connectivity index is 1.54. The third-order valence-electron chi connectivity index (χ3n) is 4.37. The van der Waals surface area contributed by atoms with Gasteiger partial charge in [0, 0.05) is 12.1 Å². The second-order valence-electron chi connectivity index (χ2n) is 6.18. The minimum atomic E-state index is -0.454. The predicted octanol–water partition coefficient (Wildman–Crippen LogP) is 2.13. The Kier molecular flexibility index (Phi) is 4.35. The van der Waals surface area contributed by atoms with Gasteiger partial charge < -0.3 is 19.2 Å². The summed E-state index contributed by atoms with van der Waals surface area (Å²) >= 11 is 0. The van der Waals surface area contributed by atoms with E-state index in [1.54, 1.807) is 6.07 Å². The molecule has 1 saturated heterocycles. The van der Waals surface area contributed by atoms with Gasteiger partial charge in [0.25, 0.3) is 0 Å². The highest BCUT2D eigenvalue weighted by Gasteiger charge is 2.36. The fourth-order valence-corrected chi connectivity index (χ4v) is 3.18. The van der Waals surface area contributed by atoms with Crippen LogP contribution in [-0.4, -0.2) is 37.9 Å². The Hall–Kier alpha value is -2.48. The molecule has 0 bridgehead atoms. The summed E-state index contributed by atoms with van der Waals surface area (Å²) in [4.78, 5) is 6.56. The van der Waals surface area contributed by atoms with Crippen LogP contribution in [0, 0.1) is 0 Å². The maximum atomic E-state index is 10.1. The lowest BCUT2D eigenvalue weighted by Crippen LogP contribution is -2.24. The van der Waals surface area contributed by atoms with E-state index >= 15 is 0 Å². The lowest BCUT2D eigenvalue weighted by molar-refractivity contribution is 0.160. The second-order valence-corrected chi connectivity index (χ2v) is 6.18. The molecule has 0 saturated carbocycles. The number of likely N-dealkylation sites (tertiary alicyclic amines) is 1. The minimum absolute atomic E-state index is 0.129. The highest BCUT2D eigenvalue weighted by Crippen LogP contribution is 2.33. The highest BCUT2D eigenvalue weighted by molar-refractivity contribution is 5.53. The molecule has 4 rings (SSSR count). The van der Waals surface area contributed by atoms with Gasteiger partial charge in [-0.3, -0.25) is 4.90 Å². The third-order valence-corrected chi connectivity index (χ3v) is 4.37. The smallest absolute Gasteiger partial charge is 0.244 e. The molecule has 0 amide bonds. The van der Waals surface area contributed by atoms with Gasteiger partial charge in [0.2, 0.25) is 11.7 Å². The monoisotopic (exact) mass is 341 g/mol. The molecule has 0 unspecified atom stereocenters. The third kappa shape index (κ3) is 3.34. The summed E-state index contributed by atoms with van der Waals surface area (Å²) in [6, 6.07) is 13.0. The number of hydrogen-bond donors (Lipinski definition) is 2. The van der Waals surface area contributed by atoms with Crippen LogP contribution < -0.4 is 0 Å². The van der Waals surface area contributed by atoms with E-state index in [-0.39, 0.29) is 12.6 Å². The van der Waals surface area contributed by atoms with E-state index in [4.69, 9.17) is 14.0 Å². The Morgan fingerprint density at radius 1 is 1.12 bits per heavy atom. The zero-order valence-electron chi connectivity index (χ0n) is 13.6. The molecular weight excluding hydrogens is 322 g/mol. The maximum absolute atomic E-state index is 10.1. The van der Waals surface area contributed by atoms with Crippen LogP contribution in [0.5, 0.6) is 0 Å². The van der Waals surface area contributed by atoms with E-state index in [0.29, 0.717) is 37.0 Å². The Bertz CT molecular complexity index is 830. The topological polar surface area (TPSA) is 95.8 Å². The molecule has 1 aliphatic heterocycles. The molecule has 0 spiro atoms. The van der Waals surface area contributed by atoms with Gasteiger partial charge in [0.15, 0.2) is 0 Å². The van der Waals surface area contributed by atoms with Gasteiger partial charge >= 0.3 is 0 Å². The number of nitrogens with zero attached hydrogens (tertiary/aromatic N) is 3. The summed E-state index contributed by atoms with van der Waals surface area (Å²) in [5, 5.41) is 23.3. The molecule has 0 radical (unpaired) electrons. The zero-order chi connectivity index (χ0) is 17.2. The van der Waals surface area contributed by atoms with Crippen LogP contribution in [0.3, 0.4) is 0 Å². The molecular formula is C18H19N3O4. The van der Waals surface area contributed by atoms with E-state index in [0.717, 1.165) is 11.3 Å². The normalized spacial score (nSPS) is 21.0. The van der Waals surface area contributed by atoms with Crippen LogP contribution in [-0.2, 0) is 13.2 Å². The van der Waals surface area contributed by atoms with Crippen molar-refractivity contribution in [2.24, 2.45) is 0 Å². The predicted molar refractivity (Wildman–Crippen MR) is 88.1 cm³/mol. The molecule has 3 heterocycles. The van der Waals surface area contributed by atoms with Gasteiger partial charge in [-0.05, 0) is 18.6 Å². The van der Waals surface area contributed by atoms with Gasteiger partial charge in [-0.25, -0.2) is 0 Å². The van der Waals surface area contributed by atoms with Crippen LogP contribution in [0.25, 0.3) is 11.4 Å². The number of benzene rings is 1. The first-order chi connectivity index (χ1) is 12.2. The van der Waals surface area contributed by atoms with E-state index < -0.39 is 6.10 Å². The Morgan fingerprint density at radius 2 is 1.92 bits per heavy atom. The molecule has 130 valence electrons. The summed E-state index contributed by atoms with van der Waals surface area (Å²) in [6.07, 6.45) is 0.0774. The summed E-state index contributed by atoms with van der Waals surface area (Å²) in [5.41, 5.74) is 0.890. The van der Waals surface area contributed by atoms with Crippen molar-refractivity contribution >= 4 is 0 Å². The van der Waals surface area contributed by atoms with Gasteiger partial charge in [-0.2, -0.15) is 4.98 Å². The first kappa shape index (κ1) is 16.0. The van der Waals surface area contributed by atoms with Crippen LogP contribution >= 0.6 is 0 Å². The van der Waals surface area contributed by atoms with Crippen molar-refractivity contribution in [2.75, 3.05) is 6.54 Å². The molecule has 2 atom stereocenters. The Morgan fingerprint density at radius 3 is 2.68 bits per heavy atom. The average molecular weight is 341 g/mol. The van der Waals surface area contributed by atoms with Gasteiger partial charge in [0.1, 0.15) is 18.1 Å². The van der Waals surface area contributed by atoms with E-state index in [1.807, 2.05) is 41.3 Å². The first-order valence-electron chi connectivity index (χ1n) is 8.22. The largest absolute Gasteiger partial charge is 0.462 e. The molecule has 7 heteroatoms. The lowest BCUT2D eigenvalue weighted by atomic mass is 10.2. The summed E-state index contributed by atoms with van der Waals surface area (Å²) in [7, 11) is 0. The van der Waals surface area contributed by atoms with Gasteiger partial charge in [-0.1, -0.05) is 35.5 Å². The number of rotatable bonds is 5. The number of aliphatic hydroxyl groups is 2. The van der Waals surface area contributed by atoms with Gasteiger partial charge in [0.05, 0.1) is 18.7 Å². The number of hydrogen-bond acceptors (Lipinski definition) is 7. The molecule has 1 aromatic carbocycles. The summed E-state index contributed by atoms with van der Waals surface area (Å²) in [6.45, 7) is 0.879. The van der Waals surface area contributed by atoms with Crippen molar-refractivity contribution in [2.45, 2.75) is 31.7 Å². The molecule has 3 aromatic rings. The standard InChI is InChI=1S/C18H19N3O4/c22-11-15-7-6-14(24-15)10-21-9-13(23)8-16(21)18-19-17(20-25-18)12-4-2-1-3-5-12/h1-7,13,16,22-23H,8-11H2/t13-,16+/m1/s1. The van der Waals surface area contributed by atoms with Crippen molar-refractivity contribution in [3.63, 3.8) is 0 Å². The van der Waals surface area contributed by atoms with Crippen LogP contribution in [0.1, 0.15) is 29.9 Å². The van der Waals surface area contributed by atoms with E-state index in [1.165, 1.54) is 0 Å². The maximum Gasteiger partial charge on any atom is 0.244 e. The summed E-state index contributed by atoms with van der Waals surface area (Å²) in [5.74, 6) is 2.28. The average Bonchev–Trinajstić information content (AvgIpc) is 3.36. The molecule has 0 aliphatic carbocycles. The van der Waals surface area contributed by atoms with Crippen LogP contribution in [0.4, 0.5) is 0 Å². The quantitative estimate of drug-likeness (QED) is 0.734. The van der Waals surface area contributed by atoms with Crippen molar-refractivity contribution < 1.29 is 19.2 Å². The highest BCUT2D eigenvalue weighted by atomic mass is 16.5. The van der Waals surface area contributed by atoms with E-state index in [2.05, 4.69) is 10.1 Å². The van der Waals surface area contributed by atoms with Crippen molar-refractivity contribution in [3.05, 3.63) is 59.9 Å². The molecule has 2 aromatic heterocycles. The van der Waals surface area contributed by atoms with Crippen molar-refractivity contribution in [1.82, 2.24) is 15.0 Å². The molecule has 1 fully saturated rings. The number of aromatic nitrogens is 2. The van der Waals surface area contributed by atoms with Crippen molar-refractivity contribution in [1.29, 1.82) is 0 Å². The number of furan rings is 1. The molecule has 25 heavy (non-hydrogen) atoms. The first-order valence-corrected chi connectivity index (χ1v) is 8.22. The lowest BCUT2D eigenvalue weighted by Gasteiger charge is -2.19. The van der Waals surface area contributed by atoms with Crippen molar-refractivity contribution in [3.8, 4) is 11.4 Å². The second kappa shape index (κ2) is 6.79. The summed E-state index contributed by atoms with van der Waals surface area (Å²) < 4.78 is 11.0. The van der Waals surface area contributed by atoms with Crippen LogP contribution in [0.2, 0.25) is 0 Å². The fraction of sp³-hybridized carbons (Fsp3) is 0.333. The minimum Gasteiger partial charge on any atom is -0.462 e. The zero-order valence-corrected chi connectivity index (χ0v) is 13.6. The Labute approximate surface area is 144 Å². The van der Waals surface area contributed by atoms with Gasteiger partial charge in [-0.15, -0.1) is 0 Å². The molecule has 1 aliphatic rings. The van der Waals surface area contributed by atoms with Crippen LogP contribution in [0.15, 0.2) is 51.4 Å². The van der Waals surface area contributed by atoms with E-state index in [9.17, 15) is 5.11 Å². The number of aliphatic hydroxyl groups excluding tert-OH is 2. The fourth-order valence-electron chi connectivity index (χ4n) is 3.18. The molecule has 7 nitrogen and oxygen atoms in total.